The van der Waals surface area contributed by atoms with Gasteiger partial charge >= 0.3 is 5.97 Å². The van der Waals surface area contributed by atoms with Gasteiger partial charge in [-0.15, -0.1) is 0 Å². The summed E-state index contributed by atoms with van der Waals surface area (Å²) in [6.45, 7) is 4.14. The molecule has 7 nitrogen and oxygen atoms in total. The number of carbonyl (C=O) groups is 1. The predicted octanol–water partition coefficient (Wildman–Crippen LogP) is 3.37. The molecule has 3 aromatic rings. The van der Waals surface area contributed by atoms with Crippen LogP contribution in [0.3, 0.4) is 0 Å². The average Bonchev–Trinajstić information content (AvgIpc) is 2.93. The minimum absolute atomic E-state index is 0.00230. The number of aromatic nitrogens is 1. The fourth-order valence-corrected chi connectivity index (χ4v) is 3.74. The van der Waals surface area contributed by atoms with Crippen molar-refractivity contribution in [1.29, 1.82) is 0 Å². The van der Waals surface area contributed by atoms with Gasteiger partial charge in [-0.25, -0.2) is 13.2 Å². The zero-order valence-electron chi connectivity index (χ0n) is 15.1. The Hall–Kier alpha value is -3.00. The van der Waals surface area contributed by atoms with Gasteiger partial charge < -0.3 is 15.4 Å². The normalized spacial score (nSPS) is 11.6. The van der Waals surface area contributed by atoms with Gasteiger partial charge in [0.15, 0.2) is 0 Å². The van der Waals surface area contributed by atoms with Crippen LogP contribution < -0.4 is 10.5 Å². The summed E-state index contributed by atoms with van der Waals surface area (Å²) in [6, 6.07) is 11.8. The standard InChI is InChI=1S/C19H21N3O4S/c1-3-22-16-11-13(19(23)24)7-10-15(16)17(20)18(22)12-5-8-14(9-6-12)21-27(25,26)4-2/h5-11,21H,3-4,20H2,1-2H3,(H,23,24). The van der Waals surface area contributed by atoms with E-state index in [2.05, 4.69) is 4.72 Å². The summed E-state index contributed by atoms with van der Waals surface area (Å²) >= 11 is 0. The van der Waals surface area contributed by atoms with Crippen molar-refractivity contribution in [3.05, 3.63) is 48.0 Å². The molecule has 27 heavy (non-hydrogen) atoms. The zero-order valence-corrected chi connectivity index (χ0v) is 15.9. The van der Waals surface area contributed by atoms with Crippen molar-refractivity contribution in [2.75, 3.05) is 16.2 Å². The average molecular weight is 387 g/mol. The van der Waals surface area contributed by atoms with E-state index in [-0.39, 0.29) is 11.3 Å². The van der Waals surface area contributed by atoms with Crippen LogP contribution in [0.4, 0.5) is 11.4 Å². The molecular weight excluding hydrogens is 366 g/mol. The van der Waals surface area contributed by atoms with E-state index in [4.69, 9.17) is 5.73 Å². The molecule has 0 saturated heterocycles. The molecule has 4 N–H and O–H groups in total. The molecule has 0 atom stereocenters. The second-order valence-electron chi connectivity index (χ2n) is 6.13. The number of nitrogens with zero attached hydrogens (tertiary/aromatic N) is 1. The number of nitrogens with one attached hydrogen (secondary N) is 1. The molecule has 0 fully saturated rings. The van der Waals surface area contributed by atoms with E-state index < -0.39 is 16.0 Å². The largest absolute Gasteiger partial charge is 0.478 e. The van der Waals surface area contributed by atoms with Gasteiger partial charge in [-0.2, -0.15) is 0 Å². The predicted molar refractivity (Wildman–Crippen MR) is 108 cm³/mol. The summed E-state index contributed by atoms with van der Waals surface area (Å²) < 4.78 is 27.9. The Labute approximate surface area is 157 Å². The number of anilines is 2. The van der Waals surface area contributed by atoms with Crippen molar-refractivity contribution in [1.82, 2.24) is 4.57 Å². The molecule has 0 aliphatic carbocycles. The number of hydrogen-bond donors (Lipinski definition) is 3. The van der Waals surface area contributed by atoms with E-state index in [1.54, 1.807) is 43.3 Å². The molecule has 0 aliphatic heterocycles. The van der Waals surface area contributed by atoms with Crippen molar-refractivity contribution < 1.29 is 18.3 Å². The van der Waals surface area contributed by atoms with Crippen LogP contribution in [0, 0.1) is 0 Å². The lowest BCUT2D eigenvalue weighted by Crippen LogP contribution is -2.14. The Kier molecular flexibility index (Phi) is 4.84. The maximum Gasteiger partial charge on any atom is 0.335 e. The van der Waals surface area contributed by atoms with Gasteiger partial charge in [-0.3, -0.25) is 4.72 Å². The van der Waals surface area contributed by atoms with Crippen LogP contribution in [-0.2, 0) is 16.6 Å². The number of rotatable bonds is 6. The van der Waals surface area contributed by atoms with Crippen LogP contribution in [0.25, 0.3) is 22.2 Å². The second kappa shape index (κ2) is 6.96. The van der Waals surface area contributed by atoms with Crippen molar-refractivity contribution in [3.63, 3.8) is 0 Å². The molecule has 0 aliphatic rings. The molecule has 1 heterocycles. The summed E-state index contributed by atoms with van der Waals surface area (Å²) in [4.78, 5) is 11.3. The molecule has 3 rings (SSSR count). The lowest BCUT2D eigenvalue weighted by molar-refractivity contribution is 0.0697. The Morgan fingerprint density at radius 1 is 1.15 bits per heavy atom. The number of hydrogen-bond acceptors (Lipinski definition) is 4. The molecule has 0 radical (unpaired) electrons. The third kappa shape index (κ3) is 3.48. The second-order valence-corrected chi connectivity index (χ2v) is 8.14. The van der Waals surface area contributed by atoms with E-state index in [9.17, 15) is 18.3 Å². The SMILES string of the molecule is CCn1c(-c2ccc(NS(=O)(=O)CC)cc2)c(N)c2ccc(C(=O)O)cc21. The molecule has 0 unspecified atom stereocenters. The first-order chi connectivity index (χ1) is 12.8. The van der Waals surface area contributed by atoms with Crippen LogP contribution in [0.5, 0.6) is 0 Å². The summed E-state index contributed by atoms with van der Waals surface area (Å²) in [6.07, 6.45) is 0. The number of nitrogens with two attached hydrogens (primary N) is 1. The van der Waals surface area contributed by atoms with Crippen molar-refractivity contribution >= 4 is 38.3 Å². The molecule has 2 aromatic carbocycles. The first kappa shape index (κ1) is 18.8. The Morgan fingerprint density at radius 3 is 2.37 bits per heavy atom. The summed E-state index contributed by atoms with van der Waals surface area (Å²) in [7, 11) is -3.34. The number of aryl methyl sites for hydroxylation is 1. The van der Waals surface area contributed by atoms with Gasteiger partial charge in [0, 0.05) is 23.2 Å². The minimum atomic E-state index is -3.34. The van der Waals surface area contributed by atoms with Gasteiger partial charge in [0.1, 0.15) is 0 Å². The highest BCUT2D eigenvalue weighted by molar-refractivity contribution is 7.92. The van der Waals surface area contributed by atoms with E-state index in [1.807, 2.05) is 11.5 Å². The number of sulfonamides is 1. The molecule has 0 bridgehead atoms. The highest BCUT2D eigenvalue weighted by atomic mass is 32.2. The van der Waals surface area contributed by atoms with E-state index in [1.165, 1.54) is 6.07 Å². The van der Waals surface area contributed by atoms with E-state index in [0.717, 1.165) is 22.2 Å². The van der Waals surface area contributed by atoms with Gasteiger partial charge in [-0.1, -0.05) is 12.1 Å². The van der Waals surface area contributed by atoms with Crippen LogP contribution in [0.2, 0.25) is 0 Å². The highest BCUT2D eigenvalue weighted by Crippen LogP contribution is 2.37. The lowest BCUT2D eigenvalue weighted by Gasteiger charge is -2.11. The molecule has 142 valence electrons. The molecule has 1 aromatic heterocycles. The zero-order chi connectivity index (χ0) is 19.8. The number of fused-ring (bicyclic) bond motifs is 1. The maximum atomic E-state index is 11.7. The van der Waals surface area contributed by atoms with Gasteiger partial charge in [0.05, 0.1) is 28.2 Å². The van der Waals surface area contributed by atoms with E-state index in [0.29, 0.717) is 17.9 Å². The quantitative estimate of drug-likeness (QED) is 0.600. The van der Waals surface area contributed by atoms with Gasteiger partial charge in [0.25, 0.3) is 0 Å². The van der Waals surface area contributed by atoms with Crippen LogP contribution in [0.15, 0.2) is 42.5 Å². The van der Waals surface area contributed by atoms with Crippen LogP contribution in [0.1, 0.15) is 24.2 Å². The third-order valence-electron chi connectivity index (χ3n) is 4.48. The topological polar surface area (TPSA) is 114 Å². The first-order valence-electron chi connectivity index (χ1n) is 8.53. The molecular formula is C19H21N3O4S. The Morgan fingerprint density at radius 2 is 1.81 bits per heavy atom. The van der Waals surface area contributed by atoms with Gasteiger partial charge in [0.2, 0.25) is 10.0 Å². The number of carboxylic acids is 1. The summed E-state index contributed by atoms with van der Waals surface area (Å²) in [5.74, 6) is -0.994. The van der Waals surface area contributed by atoms with Crippen molar-refractivity contribution in [2.24, 2.45) is 0 Å². The fraction of sp³-hybridized carbons (Fsp3) is 0.211. The number of benzene rings is 2. The number of aromatic carboxylic acids is 1. The number of nitrogen functional groups attached to an aromatic ring is 1. The monoisotopic (exact) mass is 387 g/mol. The smallest absolute Gasteiger partial charge is 0.335 e. The lowest BCUT2D eigenvalue weighted by atomic mass is 10.1. The summed E-state index contributed by atoms with van der Waals surface area (Å²) in [5.41, 5.74) is 9.94. The van der Waals surface area contributed by atoms with Gasteiger partial charge in [-0.05, 0) is 44.2 Å². The third-order valence-corrected chi connectivity index (χ3v) is 5.79. The molecule has 0 spiro atoms. The Bertz CT molecular complexity index is 1120. The van der Waals surface area contributed by atoms with Crippen LogP contribution >= 0.6 is 0 Å². The molecule has 0 saturated carbocycles. The first-order valence-corrected chi connectivity index (χ1v) is 10.2. The molecule has 8 heteroatoms. The van der Waals surface area contributed by atoms with Crippen molar-refractivity contribution in [2.45, 2.75) is 20.4 Å². The number of carboxylic acid groups (broad SMARTS) is 1. The van der Waals surface area contributed by atoms with Crippen molar-refractivity contribution in [3.8, 4) is 11.3 Å². The maximum absolute atomic E-state index is 11.7. The highest BCUT2D eigenvalue weighted by Gasteiger charge is 2.17. The fourth-order valence-electron chi connectivity index (χ4n) is 3.10. The Balaban J connectivity index is 2.11. The van der Waals surface area contributed by atoms with E-state index >= 15 is 0 Å². The summed E-state index contributed by atoms with van der Waals surface area (Å²) in [5, 5.41) is 10.0. The minimum Gasteiger partial charge on any atom is -0.478 e. The van der Waals surface area contributed by atoms with Crippen LogP contribution in [-0.4, -0.2) is 29.8 Å². The molecule has 0 amide bonds.